The van der Waals surface area contributed by atoms with Crippen LogP contribution in [-0.2, 0) is 9.09 Å². The van der Waals surface area contributed by atoms with Gasteiger partial charge in [0, 0.05) is 0 Å². The molecular formula is C22H47NO4P+. The Morgan fingerprint density at radius 2 is 1.07 bits per heavy atom. The molecule has 0 heterocycles. The van der Waals surface area contributed by atoms with Crippen molar-refractivity contribution in [1.29, 1.82) is 0 Å². The largest absolute Gasteiger partial charge is 0.470 e. The maximum absolute atomic E-state index is 11.6. The van der Waals surface area contributed by atoms with Crippen LogP contribution < -0.4 is 0 Å². The highest BCUT2D eigenvalue weighted by Gasteiger charge is 2.33. The molecular weight excluding hydrogens is 373 g/mol. The molecule has 28 heavy (non-hydrogen) atoms. The molecule has 0 aromatic heterocycles. The zero-order valence-electron chi connectivity index (χ0n) is 18.8. The summed E-state index contributed by atoms with van der Waals surface area (Å²) >= 11 is 0. The average Bonchev–Trinajstić information content (AvgIpc) is 2.56. The lowest BCUT2D eigenvalue weighted by molar-refractivity contribution is -0.873. The molecule has 1 aliphatic carbocycles. The maximum atomic E-state index is 11.6. The van der Waals surface area contributed by atoms with E-state index >= 15 is 0 Å². The highest BCUT2D eigenvalue weighted by Crippen LogP contribution is 2.41. The van der Waals surface area contributed by atoms with Gasteiger partial charge in [-0.1, -0.05) is 89.9 Å². The Morgan fingerprint density at radius 1 is 0.750 bits per heavy atom. The molecule has 1 saturated carbocycles. The summed E-state index contributed by atoms with van der Waals surface area (Å²) in [5, 5.41) is 0. The summed E-state index contributed by atoms with van der Waals surface area (Å²) in [5.41, 5.74) is 0. The van der Waals surface area contributed by atoms with Crippen molar-refractivity contribution in [3.05, 3.63) is 0 Å². The third-order valence-electron chi connectivity index (χ3n) is 5.93. The van der Waals surface area contributed by atoms with Crippen molar-refractivity contribution in [3.8, 4) is 0 Å². The molecule has 0 amide bonds. The summed E-state index contributed by atoms with van der Waals surface area (Å²) in [6.07, 6.45) is 19.9. The monoisotopic (exact) mass is 420 g/mol. The second kappa shape index (κ2) is 14.1. The predicted octanol–water partition coefficient (Wildman–Crippen LogP) is 6.04. The van der Waals surface area contributed by atoms with Gasteiger partial charge in [0.15, 0.2) is 0 Å². The van der Waals surface area contributed by atoms with Crippen LogP contribution in [0.5, 0.6) is 0 Å². The van der Waals surface area contributed by atoms with E-state index < -0.39 is 7.82 Å². The summed E-state index contributed by atoms with van der Waals surface area (Å²) in [6, 6.07) is 0. The van der Waals surface area contributed by atoms with Crippen LogP contribution in [0.15, 0.2) is 0 Å². The van der Waals surface area contributed by atoms with E-state index in [0.717, 1.165) is 25.7 Å². The van der Waals surface area contributed by atoms with Crippen LogP contribution in [0.1, 0.15) is 103 Å². The van der Waals surface area contributed by atoms with Crippen molar-refractivity contribution < 1.29 is 23.4 Å². The van der Waals surface area contributed by atoms with Crippen LogP contribution >= 0.6 is 7.82 Å². The zero-order chi connectivity index (χ0) is 20.9. The van der Waals surface area contributed by atoms with Gasteiger partial charge < -0.3 is 14.3 Å². The molecule has 0 radical (unpaired) electrons. The van der Waals surface area contributed by atoms with E-state index in [2.05, 4.69) is 21.1 Å². The van der Waals surface area contributed by atoms with E-state index in [1.54, 1.807) is 0 Å². The Hall–Kier alpha value is 0.0700. The van der Waals surface area contributed by atoms with Crippen LogP contribution in [0, 0.1) is 5.92 Å². The minimum Gasteiger partial charge on any atom is -0.329 e. The number of hydrogen-bond acceptors (Lipinski definition) is 2. The van der Waals surface area contributed by atoms with E-state index in [-0.39, 0.29) is 12.0 Å². The molecule has 168 valence electrons. The fourth-order valence-corrected chi connectivity index (χ4v) is 5.03. The third kappa shape index (κ3) is 15.0. The van der Waals surface area contributed by atoms with Crippen LogP contribution in [0.2, 0.25) is 0 Å². The van der Waals surface area contributed by atoms with Gasteiger partial charge in [0.25, 0.3) is 0 Å². The quantitative estimate of drug-likeness (QED) is 0.420. The number of hydrogen-bond donors (Lipinski definition) is 2. The number of nitrogens with zero attached hydrogens (tertiary/aromatic N) is 1. The maximum Gasteiger partial charge on any atom is 0.470 e. The molecule has 1 atom stereocenters. The van der Waals surface area contributed by atoms with Crippen molar-refractivity contribution in [2.75, 3.05) is 27.7 Å². The summed E-state index contributed by atoms with van der Waals surface area (Å²) in [4.78, 5) is 18.9. The first-order chi connectivity index (χ1) is 13.2. The molecule has 1 fully saturated rings. The van der Waals surface area contributed by atoms with Crippen LogP contribution in [0.4, 0.5) is 0 Å². The highest BCUT2D eigenvalue weighted by molar-refractivity contribution is 7.46. The van der Waals surface area contributed by atoms with E-state index in [0.29, 0.717) is 11.0 Å². The molecule has 0 bridgehead atoms. The second-order valence-corrected chi connectivity index (χ2v) is 11.1. The number of quaternary nitrogens is 1. The predicted molar refractivity (Wildman–Crippen MR) is 117 cm³/mol. The number of likely N-dealkylation sites (N-methyl/N-ethyl adjacent to an activating group) is 1. The molecule has 1 unspecified atom stereocenters. The SMILES string of the molecule is C[N+](C)(C)CC(OP(=O)(O)O)C1CCCCCCCCCCCCCCCC1. The first-order valence-electron chi connectivity index (χ1n) is 11.7. The van der Waals surface area contributed by atoms with Crippen molar-refractivity contribution in [3.63, 3.8) is 0 Å². The lowest BCUT2D eigenvalue weighted by Crippen LogP contribution is -2.45. The Bertz CT molecular complexity index is 415. The Labute approximate surface area is 174 Å². The first kappa shape index (κ1) is 26.1. The van der Waals surface area contributed by atoms with Crippen molar-refractivity contribution in [2.24, 2.45) is 5.92 Å². The lowest BCUT2D eigenvalue weighted by atomic mass is 9.89. The fraction of sp³-hybridized carbons (Fsp3) is 1.00. The summed E-state index contributed by atoms with van der Waals surface area (Å²) in [5.74, 6) is 0.237. The second-order valence-electron chi connectivity index (χ2n) is 9.89. The number of phosphoric ester groups is 1. The summed E-state index contributed by atoms with van der Waals surface area (Å²) in [7, 11) is 1.72. The normalized spacial score (nSPS) is 22.5. The smallest absolute Gasteiger partial charge is 0.329 e. The third-order valence-corrected chi connectivity index (χ3v) is 6.47. The molecule has 1 aliphatic rings. The van der Waals surface area contributed by atoms with E-state index in [1.807, 2.05) is 0 Å². The molecule has 0 aliphatic heterocycles. The Morgan fingerprint density at radius 3 is 1.36 bits per heavy atom. The molecule has 0 spiro atoms. The number of rotatable bonds is 5. The molecule has 0 aromatic carbocycles. The molecule has 5 nitrogen and oxygen atoms in total. The minimum absolute atomic E-state index is 0.237. The van der Waals surface area contributed by atoms with Gasteiger partial charge in [-0.25, -0.2) is 4.57 Å². The fourth-order valence-electron chi connectivity index (χ4n) is 4.44. The van der Waals surface area contributed by atoms with Crippen LogP contribution in [0.25, 0.3) is 0 Å². The van der Waals surface area contributed by atoms with Gasteiger partial charge in [-0.3, -0.25) is 4.52 Å². The molecule has 1 rings (SSSR count). The molecule has 2 N–H and O–H groups in total. The van der Waals surface area contributed by atoms with Crippen LogP contribution in [-0.4, -0.2) is 48.1 Å². The Balaban J connectivity index is 2.68. The van der Waals surface area contributed by atoms with Gasteiger partial charge in [0.05, 0.1) is 21.1 Å². The Kier molecular flexibility index (Phi) is 13.2. The van der Waals surface area contributed by atoms with Crippen molar-refractivity contribution in [1.82, 2.24) is 0 Å². The summed E-state index contributed by atoms with van der Waals surface area (Å²) < 4.78 is 17.6. The molecule has 6 heteroatoms. The van der Waals surface area contributed by atoms with Gasteiger partial charge in [-0.2, -0.15) is 0 Å². The number of phosphoric acid groups is 1. The molecule has 0 aromatic rings. The average molecular weight is 421 g/mol. The first-order valence-corrected chi connectivity index (χ1v) is 13.2. The van der Waals surface area contributed by atoms with Gasteiger partial charge in [-0.05, 0) is 18.8 Å². The van der Waals surface area contributed by atoms with Crippen LogP contribution in [0.3, 0.4) is 0 Å². The van der Waals surface area contributed by atoms with Gasteiger partial charge in [0.1, 0.15) is 12.6 Å². The highest BCUT2D eigenvalue weighted by atomic mass is 31.2. The lowest BCUT2D eigenvalue weighted by Gasteiger charge is -2.33. The topological polar surface area (TPSA) is 66.8 Å². The molecule has 0 saturated heterocycles. The van der Waals surface area contributed by atoms with Gasteiger partial charge in [0.2, 0.25) is 0 Å². The summed E-state index contributed by atoms with van der Waals surface area (Å²) in [6.45, 7) is 0.635. The van der Waals surface area contributed by atoms with E-state index in [1.165, 1.54) is 77.0 Å². The van der Waals surface area contributed by atoms with Gasteiger partial charge >= 0.3 is 7.82 Å². The standard InChI is InChI=1S/C22H46NO4P/c1-23(2,3)20-22(27-28(24,25)26)21-18-16-14-12-10-8-6-4-5-7-9-11-13-15-17-19-21/h21-22H,4-20H2,1-3H3,(H-,24,25,26)/p+1. The zero-order valence-corrected chi connectivity index (χ0v) is 19.7. The minimum atomic E-state index is -4.47. The van der Waals surface area contributed by atoms with Crippen molar-refractivity contribution in [2.45, 2.75) is 109 Å². The van der Waals surface area contributed by atoms with Gasteiger partial charge in [-0.15, -0.1) is 0 Å². The van der Waals surface area contributed by atoms with E-state index in [4.69, 9.17) is 4.52 Å². The van der Waals surface area contributed by atoms with Crippen molar-refractivity contribution >= 4 is 7.82 Å². The van der Waals surface area contributed by atoms with E-state index in [9.17, 15) is 14.4 Å².